The number of nitrogens with one attached hydrogen (secondary N) is 2. The number of hydrogen-bond acceptors (Lipinski definition) is 5. The molecule has 20 heavy (non-hydrogen) atoms. The van der Waals surface area contributed by atoms with Crippen molar-refractivity contribution in [1.82, 2.24) is 9.71 Å². The molecular weight excluding hydrogens is 300 g/mol. The molecule has 0 aliphatic heterocycles. The average Bonchev–Trinajstić information content (AvgIpc) is 2.77. The van der Waals surface area contributed by atoms with E-state index in [2.05, 4.69) is 9.71 Å². The number of rotatable bonds is 5. The van der Waals surface area contributed by atoms with Crippen LogP contribution in [-0.2, 0) is 23.2 Å². The molecule has 0 saturated heterocycles. The number of sulfonamides is 1. The topological polar surface area (TPSA) is 99.3 Å². The van der Waals surface area contributed by atoms with Gasteiger partial charge in [0.1, 0.15) is 0 Å². The molecular formula is C12H14N2O4S2. The number of benzene rings is 1. The summed E-state index contributed by atoms with van der Waals surface area (Å²) < 4.78 is 26.6. The molecule has 8 heteroatoms. The fourth-order valence-corrected chi connectivity index (χ4v) is 4.09. The van der Waals surface area contributed by atoms with Crippen molar-refractivity contribution in [3.8, 4) is 0 Å². The van der Waals surface area contributed by atoms with Crippen LogP contribution in [0.4, 0.5) is 0 Å². The maximum atomic E-state index is 12.1. The summed E-state index contributed by atoms with van der Waals surface area (Å²) in [5.41, 5.74) is 1.78. The molecule has 0 bridgehead atoms. The van der Waals surface area contributed by atoms with Crippen LogP contribution in [0.15, 0.2) is 33.3 Å². The first-order valence-corrected chi connectivity index (χ1v) is 8.10. The Morgan fingerprint density at radius 1 is 1.35 bits per heavy atom. The van der Waals surface area contributed by atoms with Gasteiger partial charge in [-0.3, -0.25) is 4.79 Å². The molecule has 0 unspecified atom stereocenters. The molecule has 0 radical (unpaired) electrons. The Labute approximate surface area is 120 Å². The second-order valence-electron chi connectivity index (χ2n) is 4.23. The summed E-state index contributed by atoms with van der Waals surface area (Å²) in [6.45, 7) is 1.54. The van der Waals surface area contributed by atoms with Gasteiger partial charge in [0.15, 0.2) is 4.21 Å². The molecule has 1 aromatic heterocycles. The summed E-state index contributed by atoms with van der Waals surface area (Å²) in [5.74, 6) is 0. The molecule has 2 rings (SSSR count). The zero-order valence-corrected chi connectivity index (χ0v) is 12.3. The fraction of sp³-hybridized carbons (Fsp3) is 0.250. The summed E-state index contributed by atoms with van der Waals surface area (Å²) >= 11 is 0.663. The van der Waals surface area contributed by atoms with Gasteiger partial charge in [-0.1, -0.05) is 35.6 Å². The first-order chi connectivity index (χ1) is 9.42. The van der Waals surface area contributed by atoms with Crippen LogP contribution in [0, 0.1) is 6.92 Å². The minimum atomic E-state index is -3.71. The molecule has 1 heterocycles. The first-order valence-electron chi connectivity index (χ1n) is 5.80. The minimum Gasteiger partial charge on any atom is -0.392 e. The van der Waals surface area contributed by atoms with Crippen molar-refractivity contribution in [1.29, 1.82) is 0 Å². The molecule has 0 fully saturated rings. The van der Waals surface area contributed by atoms with E-state index < -0.39 is 14.9 Å². The van der Waals surface area contributed by atoms with E-state index in [4.69, 9.17) is 5.11 Å². The summed E-state index contributed by atoms with van der Waals surface area (Å²) in [6, 6.07) is 6.97. The fourth-order valence-electron chi connectivity index (χ4n) is 1.73. The molecule has 0 saturated carbocycles. The Morgan fingerprint density at radius 3 is 2.65 bits per heavy atom. The molecule has 6 nitrogen and oxygen atoms in total. The van der Waals surface area contributed by atoms with Gasteiger partial charge in [-0.15, -0.1) is 0 Å². The molecule has 1 aromatic carbocycles. The van der Waals surface area contributed by atoms with E-state index >= 15 is 0 Å². The highest BCUT2D eigenvalue weighted by Gasteiger charge is 2.20. The van der Waals surface area contributed by atoms with Crippen LogP contribution in [0.1, 0.15) is 16.8 Å². The van der Waals surface area contributed by atoms with Crippen molar-refractivity contribution in [2.75, 3.05) is 0 Å². The van der Waals surface area contributed by atoms with Crippen LogP contribution >= 0.6 is 11.3 Å². The molecule has 3 N–H and O–H groups in total. The summed E-state index contributed by atoms with van der Waals surface area (Å²) in [6.07, 6.45) is 0. The highest BCUT2D eigenvalue weighted by Crippen LogP contribution is 2.16. The zero-order chi connectivity index (χ0) is 14.8. The predicted octanol–water partition coefficient (Wildman–Crippen LogP) is 0.716. The molecule has 0 amide bonds. The van der Waals surface area contributed by atoms with Crippen molar-refractivity contribution >= 4 is 21.4 Å². The lowest BCUT2D eigenvalue weighted by atomic mass is 10.1. The van der Waals surface area contributed by atoms with Crippen LogP contribution in [0.5, 0.6) is 0 Å². The maximum absolute atomic E-state index is 12.1. The van der Waals surface area contributed by atoms with E-state index in [1.54, 1.807) is 31.2 Å². The number of aromatic amines is 1. The quantitative estimate of drug-likeness (QED) is 0.757. The van der Waals surface area contributed by atoms with E-state index in [1.807, 2.05) is 0 Å². The zero-order valence-electron chi connectivity index (χ0n) is 10.7. The van der Waals surface area contributed by atoms with E-state index in [9.17, 15) is 13.2 Å². The Hall–Kier alpha value is -1.48. The summed E-state index contributed by atoms with van der Waals surface area (Å²) in [4.78, 5) is 13.2. The van der Waals surface area contributed by atoms with Crippen LogP contribution in [-0.4, -0.2) is 18.5 Å². The third-order valence-electron chi connectivity index (χ3n) is 2.67. The van der Waals surface area contributed by atoms with Gasteiger partial charge >= 0.3 is 4.87 Å². The Kier molecular flexibility index (Phi) is 4.39. The summed E-state index contributed by atoms with van der Waals surface area (Å²) in [5, 5.41) is 9.03. The van der Waals surface area contributed by atoms with E-state index in [0.717, 1.165) is 5.56 Å². The van der Waals surface area contributed by atoms with Gasteiger partial charge < -0.3 is 10.1 Å². The predicted molar refractivity (Wildman–Crippen MR) is 76.1 cm³/mol. The van der Waals surface area contributed by atoms with Crippen LogP contribution in [0.3, 0.4) is 0 Å². The van der Waals surface area contributed by atoms with Gasteiger partial charge in [-0.05, 0) is 18.1 Å². The van der Waals surface area contributed by atoms with Crippen LogP contribution in [0.25, 0.3) is 0 Å². The number of H-pyrrole nitrogens is 1. The molecule has 0 aliphatic rings. The number of aliphatic hydroxyl groups is 1. The number of aryl methyl sites for hydroxylation is 1. The Morgan fingerprint density at radius 2 is 2.05 bits per heavy atom. The van der Waals surface area contributed by atoms with Gasteiger partial charge in [0, 0.05) is 12.2 Å². The highest BCUT2D eigenvalue weighted by atomic mass is 32.2. The highest BCUT2D eigenvalue weighted by molar-refractivity contribution is 7.91. The summed E-state index contributed by atoms with van der Waals surface area (Å²) in [7, 11) is -3.71. The lowest BCUT2D eigenvalue weighted by Crippen LogP contribution is -2.23. The van der Waals surface area contributed by atoms with Crippen molar-refractivity contribution < 1.29 is 13.5 Å². The Balaban J connectivity index is 2.17. The number of aliphatic hydroxyl groups excluding tert-OH is 1. The maximum Gasteiger partial charge on any atom is 0.305 e. The average molecular weight is 314 g/mol. The SMILES string of the molecule is Cc1[nH]c(=O)sc1S(=O)(=O)NCc1cccc(CO)c1. The van der Waals surface area contributed by atoms with Gasteiger partial charge in [-0.25, -0.2) is 13.1 Å². The third kappa shape index (κ3) is 3.34. The minimum absolute atomic E-state index is 0.000753. The third-order valence-corrected chi connectivity index (χ3v) is 5.67. The van der Waals surface area contributed by atoms with Gasteiger partial charge in [0.25, 0.3) is 10.0 Å². The monoisotopic (exact) mass is 314 g/mol. The van der Waals surface area contributed by atoms with Crippen LogP contribution in [0.2, 0.25) is 0 Å². The standard InChI is InChI=1S/C12H14N2O4S2/c1-8-11(19-12(16)14-8)20(17,18)13-6-9-3-2-4-10(5-9)7-15/h2-5,13,15H,6-7H2,1H3,(H,14,16). The molecule has 2 aromatic rings. The molecule has 0 aliphatic carbocycles. The second-order valence-corrected chi connectivity index (χ2v) is 7.17. The van der Waals surface area contributed by atoms with Gasteiger partial charge in [0.2, 0.25) is 0 Å². The smallest absolute Gasteiger partial charge is 0.305 e. The lowest BCUT2D eigenvalue weighted by molar-refractivity contribution is 0.281. The van der Waals surface area contributed by atoms with Crippen molar-refractivity contribution in [2.45, 2.75) is 24.3 Å². The van der Waals surface area contributed by atoms with Crippen molar-refractivity contribution in [2.24, 2.45) is 0 Å². The van der Waals surface area contributed by atoms with Gasteiger partial charge in [0.05, 0.1) is 6.61 Å². The number of aromatic nitrogens is 1. The number of thiazole rings is 1. The second kappa shape index (κ2) is 5.88. The Bertz CT molecular complexity index is 762. The normalized spacial score (nSPS) is 11.7. The molecule has 0 atom stereocenters. The van der Waals surface area contributed by atoms with E-state index in [-0.39, 0.29) is 17.4 Å². The lowest BCUT2D eigenvalue weighted by Gasteiger charge is -2.06. The van der Waals surface area contributed by atoms with E-state index in [0.29, 0.717) is 22.6 Å². The van der Waals surface area contributed by atoms with E-state index in [1.165, 1.54) is 0 Å². The van der Waals surface area contributed by atoms with Crippen molar-refractivity contribution in [3.63, 3.8) is 0 Å². The molecule has 0 spiro atoms. The van der Waals surface area contributed by atoms with Gasteiger partial charge in [-0.2, -0.15) is 0 Å². The first kappa shape index (κ1) is 14.9. The molecule has 108 valence electrons. The number of hydrogen-bond donors (Lipinski definition) is 3. The van der Waals surface area contributed by atoms with Crippen molar-refractivity contribution in [3.05, 3.63) is 50.8 Å². The largest absolute Gasteiger partial charge is 0.392 e. The van der Waals surface area contributed by atoms with Crippen LogP contribution < -0.4 is 9.60 Å².